The van der Waals surface area contributed by atoms with Crippen LogP contribution in [-0.2, 0) is 17.8 Å². The summed E-state index contributed by atoms with van der Waals surface area (Å²) in [6.45, 7) is 0.399. The number of hydrogen-bond acceptors (Lipinski definition) is 3. The molecule has 4 nitrogen and oxygen atoms in total. The van der Waals surface area contributed by atoms with Crippen LogP contribution in [0.4, 0.5) is 11.4 Å². The Bertz CT molecular complexity index is 925. The van der Waals surface area contributed by atoms with E-state index in [1.165, 1.54) is 0 Å². The molecule has 0 spiro atoms. The summed E-state index contributed by atoms with van der Waals surface area (Å²) >= 11 is 12.4. The van der Waals surface area contributed by atoms with Crippen molar-refractivity contribution >= 4 is 40.5 Å². The van der Waals surface area contributed by atoms with Crippen molar-refractivity contribution in [1.29, 1.82) is 0 Å². The lowest BCUT2D eigenvalue weighted by molar-refractivity contribution is -0.136. The molecule has 3 aromatic rings. The number of hydrogen-bond donors (Lipinski definition) is 2. The van der Waals surface area contributed by atoms with E-state index < -0.39 is 5.97 Å². The Balaban J connectivity index is 1.84. The first kappa shape index (κ1) is 19.1. The first-order chi connectivity index (χ1) is 13.0. The van der Waals surface area contributed by atoms with Gasteiger partial charge in [-0.1, -0.05) is 59.6 Å². The van der Waals surface area contributed by atoms with Crippen LogP contribution < -0.4 is 10.1 Å². The summed E-state index contributed by atoms with van der Waals surface area (Å²) in [4.78, 5) is 11.3. The third-order valence-electron chi connectivity index (χ3n) is 3.89. The molecule has 3 rings (SSSR count). The van der Waals surface area contributed by atoms with Crippen molar-refractivity contribution in [1.82, 2.24) is 0 Å². The van der Waals surface area contributed by atoms with E-state index >= 15 is 0 Å². The lowest BCUT2D eigenvalue weighted by Gasteiger charge is -2.15. The highest BCUT2D eigenvalue weighted by Crippen LogP contribution is 2.34. The molecular formula is C21H17Cl2NO3. The van der Waals surface area contributed by atoms with Crippen molar-refractivity contribution in [2.24, 2.45) is 0 Å². The van der Waals surface area contributed by atoms with Gasteiger partial charge in [-0.3, -0.25) is 4.79 Å². The van der Waals surface area contributed by atoms with Gasteiger partial charge < -0.3 is 15.2 Å². The van der Waals surface area contributed by atoms with Gasteiger partial charge >= 0.3 is 5.97 Å². The Kier molecular flexibility index (Phi) is 6.22. The molecule has 3 aromatic carbocycles. The fourth-order valence-electron chi connectivity index (χ4n) is 2.58. The molecule has 2 N–H and O–H groups in total. The average Bonchev–Trinajstić information content (AvgIpc) is 2.65. The first-order valence-corrected chi connectivity index (χ1v) is 9.01. The van der Waals surface area contributed by atoms with Crippen molar-refractivity contribution < 1.29 is 14.6 Å². The molecule has 0 unspecified atom stereocenters. The Morgan fingerprint density at radius 2 is 1.67 bits per heavy atom. The highest BCUT2D eigenvalue weighted by atomic mass is 35.5. The number of anilines is 2. The van der Waals surface area contributed by atoms with Crippen LogP contribution in [0.25, 0.3) is 0 Å². The van der Waals surface area contributed by atoms with Gasteiger partial charge in [-0.15, -0.1) is 0 Å². The molecular weight excluding hydrogens is 385 g/mol. The lowest BCUT2D eigenvalue weighted by Crippen LogP contribution is -2.05. The van der Waals surface area contributed by atoms with E-state index in [-0.39, 0.29) is 6.42 Å². The highest BCUT2D eigenvalue weighted by molar-refractivity contribution is 6.39. The zero-order valence-corrected chi connectivity index (χ0v) is 15.8. The summed E-state index contributed by atoms with van der Waals surface area (Å²) in [5.74, 6) is -0.352. The van der Waals surface area contributed by atoms with Crippen LogP contribution in [-0.4, -0.2) is 11.1 Å². The number of carboxylic acids is 1. The van der Waals surface area contributed by atoms with Crippen LogP contribution in [0.2, 0.25) is 10.0 Å². The van der Waals surface area contributed by atoms with E-state index in [2.05, 4.69) is 5.32 Å². The van der Waals surface area contributed by atoms with Crippen LogP contribution in [0, 0.1) is 0 Å². The SMILES string of the molecule is O=C(O)Cc1cc(OCc2ccccc2)ccc1Nc1c(Cl)cccc1Cl. The third kappa shape index (κ3) is 5.16. The zero-order valence-electron chi connectivity index (χ0n) is 14.3. The van der Waals surface area contributed by atoms with Crippen LogP contribution in [0.15, 0.2) is 66.7 Å². The van der Waals surface area contributed by atoms with E-state index in [0.717, 1.165) is 5.56 Å². The van der Waals surface area contributed by atoms with Crippen LogP contribution >= 0.6 is 23.2 Å². The predicted octanol–water partition coefficient (Wildman–Crippen LogP) is 5.94. The van der Waals surface area contributed by atoms with Crippen LogP contribution in [0.5, 0.6) is 5.75 Å². The van der Waals surface area contributed by atoms with E-state index in [0.29, 0.717) is 39.3 Å². The second-order valence-electron chi connectivity index (χ2n) is 5.89. The monoisotopic (exact) mass is 401 g/mol. The number of rotatable bonds is 7. The molecule has 0 heterocycles. The van der Waals surface area contributed by atoms with Crippen molar-refractivity contribution in [3.63, 3.8) is 0 Å². The van der Waals surface area contributed by atoms with Crippen molar-refractivity contribution in [2.45, 2.75) is 13.0 Å². The smallest absolute Gasteiger partial charge is 0.307 e. The summed E-state index contributed by atoms with van der Waals surface area (Å²) in [6, 6.07) is 20.2. The largest absolute Gasteiger partial charge is 0.489 e. The fourth-order valence-corrected chi connectivity index (χ4v) is 3.08. The van der Waals surface area contributed by atoms with Gasteiger partial charge in [0.1, 0.15) is 12.4 Å². The Labute approximate surface area is 167 Å². The van der Waals surface area contributed by atoms with Gasteiger partial charge in [0, 0.05) is 5.69 Å². The quantitative estimate of drug-likeness (QED) is 0.513. The molecule has 0 aliphatic carbocycles. The summed E-state index contributed by atoms with van der Waals surface area (Å²) in [7, 11) is 0. The number of carbonyl (C=O) groups is 1. The zero-order chi connectivity index (χ0) is 19.2. The molecule has 0 amide bonds. The Morgan fingerprint density at radius 1 is 0.963 bits per heavy atom. The third-order valence-corrected chi connectivity index (χ3v) is 4.52. The van der Waals surface area contributed by atoms with Crippen LogP contribution in [0.1, 0.15) is 11.1 Å². The van der Waals surface area contributed by atoms with E-state index in [1.807, 2.05) is 30.3 Å². The van der Waals surface area contributed by atoms with Gasteiger partial charge in [-0.05, 0) is 41.5 Å². The van der Waals surface area contributed by atoms with Gasteiger partial charge in [0.15, 0.2) is 0 Å². The Hall–Kier alpha value is -2.69. The van der Waals surface area contributed by atoms with Crippen LogP contribution in [0.3, 0.4) is 0 Å². The van der Waals surface area contributed by atoms with E-state index in [1.54, 1.807) is 36.4 Å². The molecule has 6 heteroatoms. The minimum Gasteiger partial charge on any atom is -0.489 e. The topological polar surface area (TPSA) is 58.6 Å². The van der Waals surface area contributed by atoms with Crippen molar-refractivity contribution in [3.05, 3.63) is 87.9 Å². The lowest BCUT2D eigenvalue weighted by atomic mass is 10.1. The maximum absolute atomic E-state index is 11.3. The molecule has 0 bridgehead atoms. The van der Waals surface area contributed by atoms with Gasteiger partial charge in [-0.2, -0.15) is 0 Å². The molecule has 0 atom stereocenters. The fraction of sp³-hybridized carbons (Fsp3) is 0.0952. The molecule has 0 radical (unpaired) electrons. The molecule has 27 heavy (non-hydrogen) atoms. The van der Waals surface area contributed by atoms with Gasteiger partial charge in [0.2, 0.25) is 0 Å². The maximum atomic E-state index is 11.3. The number of benzene rings is 3. The summed E-state index contributed by atoms with van der Waals surface area (Å²) in [6.07, 6.45) is -0.160. The minimum absolute atomic E-state index is 0.160. The predicted molar refractivity (Wildman–Crippen MR) is 108 cm³/mol. The highest BCUT2D eigenvalue weighted by Gasteiger charge is 2.12. The van der Waals surface area contributed by atoms with Gasteiger partial charge in [0.25, 0.3) is 0 Å². The number of nitrogens with one attached hydrogen (secondary N) is 1. The van der Waals surface area contributed by atoms with Crippen molar-refractivity contribution in [2.75, 3.05) is 5.32 Å². The maximum Gasteiger partial charge on any atom is 0.307 e. The van der Waals surface area contributed by atoms with E-state index in [4.69, 9.17) is 27.9 Å². The molecule has 0 aliphatic rings. The number of aliphatic carboxylic acids is 1. The van der Waals surface area contributed by atoms with E-state index in [9.17, 15) is 9.90 Å². The molecule has 0 aliphatic heterocycles. The number of carboxylic acid groups (broad SMARTS) is 1. The summed E-state index contributed by atoms with van der Waals surface area (Å²) in [5, 5.41) is 13.3. The summed E-state index contributed by atoms with van der Waals surface area (Å²) < 4.78 is 5.79. The van der Waals surface area contributed by atoms with Gasteiger partial charge in [-0.25, -0.2) is 0 Å². The molecule has 0 aromatic heterocycles. The first-order valence-electron chi connectivity index (χ1n) is 8.25. The molecule has 0 saturated carbocycles. The Morgan fingerprint density at radius 3 is 2.33 bits per heavy atom. The number of para-hydroxylation sites is 1. The molecule has 0 saturated heterocycles. The van der Waals surface area contributed by atoms with Gasteiger partial charge in [0.05, 0.1) is 22.2 Å². The number of halogens is 2. The van der Waals surface area contributed by atoms with Crippen molar-refractivity contribution in [3.8, 4) is 5.75 Å². The standard InChI is InChI=1S/C21H17Cl2NO3/c22-17-7-4-8-18(23)21(17)24-19-10-9-16(11-15(19)12-20(25)26)27-13-14-5-2-1-3-6-14/h1-11,24H,12-13H2,(H,25,26). The molecule has 0 fully saturated rings. The average molecular weight is 402 g/mol. The minimum atomic E-state index is -0.941. The normalized spacial score (nSPS) is 10.4. The summed E-state index contributed by atoms with van der Waals surface area (Å²) in [5.41, 5.74) is 2.75. The molecule has 138 valence electrons. The number of ether oxygens (including phenoxy) is 1. The second kappa shape index (κ2) is 8.80. The second-order valence-corrected chi connectivity index (χ2v) is 6.70.